The maximum atomic E-state index is 5.88. The van der Waals surface area contributed by atoms with Gasteiger partial charge in [-0.2, -0.15) is 0 Å². The summed E-state index contributed by atoms with van der Waals surface area (Å²) in [6.07, 6.45) is 0.829. The highest BCUT2D eigenvalue weighted by Gasteiger charge is 2.27. The third kappa shape index (κ3) is 2.15. The Morgan fingerprint density at radius 1 is 1.33 bits per heavy atom. The van der Waals surface area contributed by atoms with Crippen LogP contribution in [-0.4, -0.2) is 20.6 Å². The van der Waals surface area contributed by atoms with Crippen molar-refractivity contribution < 1.29 is 4.74 Å². The van der Waals surface area contributed by atoms with E-state index in [1.54, 1.807) is 11.3 Å². The lowest BCUT2D eigenvalue weighted by Crippen LogP contribution is -2.32. The van der Waals surface area contributed by atoms with Crippen molar-refractivity contribution in [3.8, 4) is 0 Å². The van der Waals surface area contributed by atoms with E-state index in [9.17, 15) is 0 Å². The molecule has 0 atom stereocenters. The van der Waals surface area contributed by atoms with Crippen LogP contribution in [0, 0.1) is 9.41 Å². The molecule has 1 aliphatic rings. The quantitative estimate of drug-likeness (QED) is 0.597. The molecule has 0 saturated heterocycles. The first-order valence-electron chi connectivity index (χ1n) is 6.64. The number of nitrogens with one attached hydrogen (secondary N) is 2. The minimum atomic E-state index is -0.152. The number of aromatic nitrogens is 3. The van der Waals surface area contributed by atoms with Crippen LogP contribution in [0.15, 0.2) is 6.07 Å². The SMILES string of the molecule is CC1(C)Cc2nc3sc4c(=S)[nH]c(=S)[nH]c4c3cc2CO1. The Labute approximate surface area is 135 Å². The Kier molecular flexibility index (Phi) is 2.85. The van der Waals surface area contributed by atoms with Gasteiger partial charge in [-0.05, 0) is 32.1 Å². The molecule has 2 N–H and O–H groups in total. The molecular formula is C14H13N3OS3. The van der Waals surface area contributed by atoms with Gasteiger partial charge in [0, 0.05) is 17.4 Å². The molecule has 0 saturated carbocycles. The monoisotopic (exact) mass is 335 g/mol. The first-order valence-corrected chi connectivity index (χ1v) is 8.28. The molecule has 1 aliphatic heterocycles. The van der Waals surface area contributed by atoms with Crippen LogP contribution >= 0.6 is 35.8 Å². The summed E-state index contributed by atoms with van der Waals surface area (Å²) in [5, 5.41) is 1.07. The van der Waals surface area contributed by atoms with Gasteiger partial charge in [0.1, 0.15) is 9.47 Å². The van der Waals surface area contributed by atoms with Crippen molar-refractivity contribution in [1.29, 1.82) is 0 Å². The Morgan fingerprint density at radius 2 is 2.14 bits per heavy atom. The van der Waals surface area contributed by atoms with Crippen molar-refractivity contribution in [1.82, 2.24) is 15.0 Å². The predicted octanol–water partition coefficient (Wildman–Crippen LogP) is 4.42. The fourth-order valence-corrected chi connectivity index (χ4v) is 4.32. The molecule has 4 nitrogen and oxygen atoms in total. The Bertz CT molecular complexity index is 996. The molecule has 0 fully saturated rings. The zero-order chi connectivity index (χ0) is 14.8. The fraction of sp³-hybridized carbons (Fsp3) is 0.357. The van der Waals surface area contributed by atoms with E-state index >= 15 is 0 Å². The summed E-state index contributed by atoms with van der Waals surface area (Å²) in [5.41, 5.74) is 3.10. The number of pyridine rings is 1. The first-order chi connectivity index (χ1) is 9.93. The summed E-state index contributed by atoms with van der Waals surface area (Å²) in [7, 11) is 0. The molecular weight excluding hydrogens is 322 g/mol. The summed E-state index contributed by atoms with van der Waals surface area (Å²) in [5.74, 6) is 0. The Morgan fingerprint density at radius 3 is 2.95 bits per heavy atom. The van der Waals surface area contributed by atoms with Gasteiger partial charge in [-0.3, -0.25) is 0 Å². The molecule has 21 heavy (non-hydrogen) atoms. The number of hydrogen-bond acceptors (Lipinski definition) is 5. The molecule has 108 valence electrons. The average molecular weight is 335 g/mol. The lowest BCUT2D eigenvalue weighted by Gasteiger charge is -2.30. The summed E-state index contributed by atoms with van der Waals surface area (Å²) in [4.78, 5) is 12.0. The highest BCUT2D eigenvalue weighted by molar-refractivity contribution is 7.72. The molecule has 4 heterocycles. The average Bonchev–Trinajstić information content (AvgIpc) is 2.73. The van der Waals surface area contributed by atoms with Gasteiger partial charge in [0.05, 0.1) is 28.1 Å². The number of fused-ring (bicyclic) bond motifs is 4. The van der Waals surface area contributed by atoms with Crippen LogP contribution in [0.25, 0.3) is 20.4 Å². The van der Waals surface area contributed by atoms with Gasteiger partial charge in [-0.25, -0.2) is 4.98 Å². The van der Waals surface area contributed by atoms with E-state index in [0.717, 1.165) is 38.1 Å². The van der Waals surface area contributed by atoms with Crippen molar-refractivity contribution in [2.75, 3.05) is 0 Å². The largest absolute Gasteiger partial charge is 0.370 e. The van der Waals surface area contributed by atoms with Crippen LogP contribution in [0.4, 0.5) is 0 Å². The van der Waals surface area contributed by atoms with Crippen LogP contribution in [0.5, 0.6) is 0 Å². The highest BCUT2D eigenvalue weighted by atomic mass is 32.1. The molecule has 0 spiro atoms. The summed E-state index contributed by atoms with van der Waals surface area (Å²) in [6.45, 7) is 4.80. The van der Waals surface area contributed by atoms with Gasteiger partial charge in [0.2, 0.25) is 0 Å². The molecule has 3 aromatic rings. The topological polar surface area (TPSA) is 53.7 Å². The molecule has 7 heteroatoms. The molecule has 0 aromatic carbocycles. The number of nitrogens with zero attached hydrogens (tertiary/aromatic N) is 1. The minimum absolute atomic E-state index is 0.152. The van der Waals surface area contributed by atoms with Crippen molar-refractivity contribution in [3.63, 3.8) is 0 Å². The lowest BCUT2D eigenvalue weighted by atomic mass is 9.95. The van der Waals surface area contributed by atoms with Gasteiger partial charge < -0.3 is 14.7 Å². The predicted molar refractivity (Wildman–Crippen MR) is 90.1 cm³/mol. The van der Waals surface area contributed by atoms with Crippen LogP contribution in [0.2, 0.25) is 0 Å². The molecule has 4 rings (SSSR count). The number of ether oxygens (including phenoxy) is 1. The molecule has 0 aliphatic carbocycles. The van der Waals surface area contributed by atoms with Crippen LogP contribution < -0.4 is 0 Å². The van der Waals surface area contributed by atoms with E-state index in [2.05, 4.69) is 29.9 Å². The lowest BCUT2D eigenvalue weighted by molar-refractivity contribution is -0.0411. The zero-order valence-electron chi connectivity index (χ0n) is 11.6. The molecule has 0 bridgehead atoms. The molecule has 0 amide bonds. The van der Waals surface area contributed by atoms with Crippen LogP contribution in [-0.2, 0) is 17.8 Å². The number of H-pyrrole nitrogens is 2. The van der Waals surface area contributed by atoms with E-state index < -0.39 is 0 Å². The van der Waals surface area contributed by atoms with E-state index in [1.807, 2.05) is 0 Å². The molecule has 3 aromatic heterocycles. The van der Waals surface area contributed by atoms with Crippen molar-refractivity contribution in [2.45, 2.75) is 32.5 Å². The Balaban J connectivity index is 2.07. The second-order valence-electron chi connectivity index (χ2n) is 5.89. The smallest absolute Gasteiger partial charge is 0.175 e. The summed E-state index contributed by atoms with van der Waals surface area (Å²) < 4.78 is 8.10. The normalized spacial score (nSPS) is 17.2. The summed E-state index contributed by atoms with van der Waals surface area (Å²) in [6, 6.07) is 2.16. The number of hydrogen-bond donors (Lipinski definition) is 2. The Hall–Kier alpha value is -1.15. The maximum absolute atomic E-state index is 5.88. The summed E-state index contributed by atoms with van der Waals surface area (Å²) >= 11 is 12.2. The van der Waals surface area contributed by atoms with E-state index in [1.165, 1.54) is 0 Å². The number of rotatable bonds is 0. The molecule has 0 radical (unpaired) electrons. The highest BCUT2D eigenvalue weighted by Crippen LogP contribution is 2.35. The first kappa shape index (κ1) is 13.5. The van der Waals surface area contributed by atoms with Gasteiger partial charge in [0.15, 0.2) is 4.77 Å². The second kappa shape index (κ2) is 4.42. The zero-order valence-corrected chi connectivity index (χ0v) is 14.0. The van der Waals surface area contributed by atoms with E-state index in [-0.39, 0.29) is 5.60 Å². The van der Waals surface area contributed by atoms with Gasteiger partial charge >= 0.3 is 0 Å². The standard InChI is InChI=1S/C14H13N3OS3/c1-14(2)4-8-6(5-18-14)3-7-9-10(21-12(7)15-8)11(19)17-13(20)16-9/h3H,4-5H2,1-2H3,(H2,16,17,19,20). The third-order valence-electron chi connectivity index (χ3n) is 3.73. The van der Waals surface area contributed by atoms with Crippen LogP contribution in [0.3, 0.4) is 0 Å². The van der Waals surface area contributed by atoms with Crippen molar-refractivity contribution >= 4 is 56.2 Å². The van der Waals surface area contributed by atoms with Gasteiger partial charge in [-0.15, -0.1) is 11.3 Å². The van der Waals surface area contributed by atoms with Gasteiger partial charge in [0.25, 0.3) is 0 Å². The van der Waals surface area contributed by atoms with E-state index in [0.29, 0.717) is 16.0 Å². The third-order valence-corrected chi connectivity index (χ3v) is 5.49. The van der Waals surface area contributed by atoms with E-state index in [4.69, 9.17) is 34.2 Å². The second-order valence-corrected chi connectivity index (χ2v) is 7.70. The van der Waals surface area contributed by atoms with Crippen molar-refractivity contribution in [2.24, 2.45) is 0 Å². The number of thiophene rings is 1. The van der Waals surface area contributed by atoms with Crippen LogP contribution in [0.1, 0.15) is 25.1 Å². The minimum Gasteiger partial charge on any atom is -0.370 e. The molecule has 0 unspecified atom stereocenters. The maximum Gasteiger partial charge on any atom is 0.175 e. The fourth-order valence-electron chi connectivity index (χ4n) is 2.69. The number of aromatic amines is 2. The van der Waals surface area contributed by atoms with Gasteiger partial charge in [-0.1, -0.05) is 12.2 Å². The van der Waals surface area contributed by atoms with Crippen molar-refractivity contribution in [3.05, 3.63) is 26.7 Å².